The maximum atomic E-state index is 10.4. The fraction of sp³-hybridized carbons (Fsp3) is 0.200. The molecule has 174 valence electrons. The molecular formula is C30H26N2O3. The van der Waals surface area contributed by atoms with Gasteiger partial charge in [-0.15, -0.1) is 0 Å². The van der Waals surface area contributed by atoms with Crippen LogP contribution in [0.25, 0.3) is 22.4 Å². The highest BCUT2D eigenvalue weighted by Crippen LogP contribution is 2.39. The number of nitrogens with zero attached hydrogens (tertiary/aromatic N) is 2. The van der Waals surface area contributed by atoms with Gasteiger partial charge in [-0.2, -0.15) is 5.26 Å². The van der Waals surface area contributed by atoms with Crippen molar-refractivity contribution < 1.29 is 14.2 Å². The summed E-state index contributed by atoms with van der Waals surface area (Å²) in [5.74, 6) is 0.644. The fourth-order valence-electron chi connectivity index (χ4n) is 4.84. The Morgan fingerprint density at radius 2 is 1.71 bits per heavy atom. The van der Waals surface area contributed by atoms with Crippen LogP contribution < -0.4 is 0 Å². The lowest BCUT2D eigenvalue weighted by Crippen LogP contribution is -2.33. The van der Waals surface area contributed by atoms with Gasteiger partial charge in [0.05, 0.1) is 24.1 Å². The molecule has 35 heavy (non-hydrogen) atoms. The summed E-state index contributed by atoms with van der Waals surface area (Å²) in [6, 6.07) is 22.7. The van der Waals surface area contributed by atoms with Crippen molar-refractivity contribution >= 4 is 11.1 Å². The van der Waals surface area contributed by atoms with Gasteiger partial charge in [-0.25, -0.2) is 4.98 Å². The van der Waals surface area contributed by atoms with Gasteiger partial charge in [-0.3, -0.25) is 0 Å². The summed E-state index contributed by atoms with van der Waals surface area (Å²) in [6.07, 6.45) is 6.18. The molecular weight excluding hydrogens is 436 g/mol. The highest BCUT2D eigenvalue weighted by Gasteiger charge is 2.31. The number of aromatic nitrogens is 1. The lowest BCUT2D eigenvalue weighted by molar-refractivity contribution is -0.0178. The number of benzene rings is 2. The van der Waals surface area contributed by atoms with Gasteiger partial charge in [-0.05, 0) is 41.3 Å². The van der Waals surface area contributed by atoms with E-state index in [1.807, 2.05) is 60.7 Å². The van der Waals surface area contributed by atoms with Gasteiger partial charge in [0.15, 0.2) is 0 Å². The number of hydrogen-bond acceptors (Lipinski definition) is 5. The largest absolute Gasteiger partial charge is 0.498 e. The number of hydrogen-bond donors (Lipinski definition) is 0. The van der Waals surface area contributed by atoms with Crippen LogP contribution in [0.1, 0.15) is 27.9 Å². The Morgan fingerprint density at radius 1 is 0.943 bits per heavy atom. The van der Waals surface area contributed by atoms with Crippen LogP contribution in [0.4, 0.5) is 0 Å². The van der Waals surface area contributed by atoms with Crippen LogP contribution in [0.2, 0.25) is 0 Å². The van der Waals surface area contributed by atoms with Crippen LogP contribution in [-0.2, 0) is 20.6 Å². The van der Waals surface area contributed by atoms with Crippen LogP contribution in [0.5, 0.6) is 0 Å². The Morgan fingerprint density at radius 3 is 2.43 bits per heavy atom. The summed E-state index contributed by atoms with van der Waals surface area (Å²) in [6.45, 7) is 0. The van der Waals surface area contributed by atoms with E-state index < -0.39 is 0 Å². The van der Waals surface area contributed by atoms with Gasteiger partial charge in [0.1, 0.15) is 24.0 Å². The quantitative estimate of drug-likeness (QED) is 0.480. The number of fused-ring (bicyclic) bond motifs is 1. The summed E-state index contributed by atoms with van der Waals surface area (Å²) in [5, 5.41) is 10.4. The van der Waals surface area contributed by atoms with E-state index >= 15 is 0 Å². The second-order valence-electron chi connectivity index (χ2n) is 8.47. The van der Waals surface area contributed by atoms with Crippen LogP contribution in [0.3, 0.4) is 0 Å². The maximum absolute atomic E-state index is 10.4. The Kier molecular flexibility index (Phi) is 6.33. The molecule has 1 aromatic heterocycles. The first kappa shape index (κ1) is 22.8. The van der Waals surface area contributed by atoms with Crippen molar-refractivity contribution in [2.45, 2.75) is 18.6 Å². The van der Waals surface area contributed by atoms with Gasteiger partial charge in [0.25, 0.3) is 0 Å². The smallest absolute Gasteiger partial charge is 0.144 e. The molecule has 0 amide bonds. The van der Waals surface area contributed by atoms with E-state index in [4.69, 9.17) is 19.2 Å². The fourth-order valence-corrected chi connectivity index (χ4v) is 4.84. The van der Waals surface area contributed by atoms with Gasteiger partial charge in [-0.1, -0.05) is 60.7 Å². The van der Waals surface area contributed by atoms with Crippen LogP contribution in [0.15, 0.2) is 84.7 Å². The van der Waals surface area contributed by atoms with E-state index in [-0.39, 0.29) is 12.2 Å². The van der Waals surface area contributed by atoms with Crippen molar-refractivity contribution in [1.82, 2.24) is 4.98 Å². The molecule has 5 rings (SSSR count). The van der Waals surface area contributed by atoms with Gasteiger partial charge < -0.3 is 14.2 Å². The predicted octanol–water partition coefficient (Wildman–Crippen LogP) is 5.57. The van der Waals surface area contributed by atoms with Crippen molar-refractivity contribution in [2.24, 2.45) is 0 Å². The molecule has 5 heteroatoms. The predicted molar refractivity (Wildman–Crippen MR) is 136 cm³/mol. The normalized spacial score (nSPS) is 18.7. The van der Waals surface area contributed by atoms with Crippen LogP contribution in [0, 0.1) is 11.3 Å². The van der Waals surface area contributed by atoms with Crippen LogP contribution >= 0.6 is 0 Å². The Bertz CT molecular complexity index is 1400. The Labute approximate surface area is 205 Å². The maximum Gasteiger partial charge on any atom is 0.144 e. The monoisotopic (exact) mass is 462 g/mol. The molecule has 0 saturated heterocycles. The SMILES string of the molecule is COC1=CC(c2cc(-c3ccccc3)nc(C3=CCc4ccccc43)c2C#N)=CC(OC)C1OC. The Balaban J connectivity index is 1.76. The van der Waals surface area contributed by atoms with Gasteiger partial charge >= 0.3 is 0 Å². The molecule has 5 nitrogen and oxygen atoms in total. The molecule has 0 spiro atoms. The molecule has 3 aromatic rings. The molecule has 2 unspecified atom stereocenters. The number of ether oxygens (including phenoxy) is 3. The molecule has 2 atom stereocenters. The molecule has 0 bridgehead atoms. The second kappa shape index (κ2) is 9.71. The molecule has 0 aliphatic heterocycles. The topological polar surface area (TPSA) is 64.4 Å². The van der Waals surface area contributed by atoms with Crippen molar-refractivity contribution in [1.29, 1.82) is 5.26 Å². The summed E-state index contributed by atoms with van der Waals surface area (Å²) in [5.41, 5.74) is 7.96. The molecule has 1 heterocycles. The summed E-state index contributed by atoms with van der Waals surface area (Å²) in [4.78, 5) is 5.03. The van der Waals surface area contributed by atoms with Crippen molar-refractivity contribution in [3.05, 3.63) is 113 Å². The van der Waals surface area contributed by atoms with Crippen molar-refractivity contribution in [3.63, 3.8) is 0 Å². The minimum Gasteiger partial charge on any atom is -0.498 e. The molecule has 0 radical (unpaired) electrons. The van der Waals surface area contributed by atoms with Crippen molar-refractivity contribution in [2.75, 3.05) is 21.3 Å². The van der Waals surface area contributed by atoms with Gasteiger partial charge in [0.2, 0.25) is 0 Å². The zero-order valence-electron chi connectivity index (χ0n) is 20.0. The molecule has 2 aliphatic rings. The van der Waals surface area contributed by atoms with E-state index in [1.165, 1.54) is 5.56 Å². The van der Waals surface area contributed by atoms with E-state index in [2.05, 4.69) is 24.3 Å². The van der Waals surface area contributed by atoms with E-state index in [0.717, 1.165) is 40.0 Å². The summed E-state index contributed by atoms with van der Waals surface area (Å²) in [7, 11) is 4.89. The van der Waals surface area contributed by atoms with Crippen LogP contribution in [-0.4, -0.2) is 38.5 Å². The third kappa shape index (κ3) is 4.08. The highest BCUT2D eigenvalue weighted by atomic mass is 16.6. The molecule has 0 N–H and O–H groups in total. The number of methoxy groups -OCH3 is 3. The lowest BCUT2D eigenvalue weighted by Gasteiger charge is -2.29. The number of nitriles is 1. The summed E-state index contributed by atoms with van der Waals surface area (Å²) < 4.78 is 17.0. The van der Waals surface area contributed by atoms with Crippen molar-refractivity contribution in [3.8, 4) is 17.3 Å². The number of allylic oxidation sites excluding steroid dienone is 3. The first-order valence-electron chi connectivity index (χ1n) is 11.5. The third-order valence-corrected chi connectivity index (χ3v) is 6.58. The highest BCUT2D eigenvalue weighted by molar-refractivity contribution is 5.91. The first-order valence-corrected chi connectivity index (χ1v) is 11.5. The lowest BCUT2D eigenvalue weighted by atomic mass is 9.89. The standard InChI is InChI=1S/C30H26N2O3/c1-33-27-15-21(16-28(34-2)30(27)35-3)24-17-26(20-10-5-4-6-11-20)32-29(25(24)18-31)23-14-13-19-9-7-8-12-22(19)23/h4-12,14-17,27,30H,13H2,1-3H3. The zero-order valence-corrected chi connectivity index (χ0v) is 20.0. The van der Waals surface area contributed by atoms with E-state index in [9.17, 15) is 5.26 Å². The Hall–Kier alpha value is -3.98. The zero-order chi connectivity index (χ0) is 24.4. The minimum atomic E-state index is -0.362. The number of rotatable bonds is 6. The second-order valence-corrected chi connectivity index (χ2v) is 8.47. The molecule has 2 aliphatic carbocycles. The van der Waals surface area contributed by atoms with Gasteiger partial charge in [0, 0.05) is 30.9 Å². The average Bonchev–Trinajstić information content (AvgIpc) is 3.36. The molecule has 0 fully saturated rings. The average molecular weight is 463 g/mol. The third-order valence-electron chi connectivity index (χ3n) is 6.58. The first-order chi connectivity index (χ1) is 17.2. The van der Waals surface area contributed by atoms with E-state index in [1.54, 1.807) is 21.3 Å². The number of pyridine rings is 1. The molecule has 0 saturated carbocycles. The van der Waals surface area contributed by atoms with E-state index in [0.29, 0.717) is 17.0 Å². The minimum absolute atomic E-state index is 0.357. The molecule has 2 aromatic carbocycles. The summed E-state index contributed by atoms with van der Waals surface area (Å²) >= 11 is 0.